The molecule has 2 rings (SSSR count). The highest BCUT2D eigenvalue weighted by Gasteiger charge is 2.34. The van der Waals surface area contributed by atoms with Gasteiger partial charge in [0.1, 0.15) is 0 Å². The molecule has 0 spiro atoms. The largest absolute Gasteiger partial charge is 0.314 e. The lowest BCUT2D eigenvalue weighted by Gasteiger charge is -2.42. The number of likely N-dealkylation sites (N-methyl/N-ethyl adjacent to an activating group) is 1. The summed E-state index contributed by atoms with van der Waals surface area (Å²) in [5, 5.41) is 3.86. The van der Waals surface area contributed by atoms with Crippen molar-refractivity contribution >= 4 is 0 Å². The molecule has 3 heteroatoms. The van der Waals surface area contributed by atoms with Crippen LogP contribution < -0.4 is 5.32 Å². The molecule has 0 radical (unpaired) electrons. The van der Waals surface area contributed by atoms with Crippen LogP contribution in [0.2, 0.25) is 0 Å². The molecule has 4 unspecified atom stereocenters. The van der Waals surface area contributed by atoms with Crippen molar-refractivity contribution in [2.45, 2.75) is 52.5 Å². The zero-order valence-corrected chi connectivity index (χ0v) is 14.8. The zero-order valence-electron chi connectivity index (χ0n) is 14.8. The minimum absolute atomic E-state index is 0.740. The maximum Gasteiger partial charge on any atom is 0.0113 e. The van der Waals surface area contributed by atoms with Crippen LogP contribution in [0.5, 0.6) is 0 Å². The maximum atomic E-state index is 3.86. The van der Waals surface area contributed by atoms with Crippen LogP contribution in [0.3, 0.4) is 0 Å². The second kappa shape index (κ2) is 8.50. The van der Waals surface area contributed by atoms with Crippen LogP contribution in [0.4, 0.5) is 0 Å². The number of hydrogen-bond donors (Lipinski definition) is 1. The summed E-state index contributed by atoms with van der Waals surface area (Å²) in [4.78, 5) is 5.22. The van der Waals surface area contributed by atoms with Crippen molar-refractivity contribution in [3.63, 3.8) is 0 Å². The lowest BCUT2D eigenvalue weighted by atomic mass is 9.72. The molecule has 2 fully saturated rings. The van der Waals surface area contributed by atoms with Gasteiger partial charge >= 0.3 is 0 Å². The lowest BCUT2D eigenvalue weighted by Crippen LogP contribution is -2.49. The van der Waals surface area contributed by atoms with Gasteiger partial charge in [0, 0.05) is 25.7 Å². The smallest absolute Gasteiger partial charge is 0.0113 e. The van der Waals surface area contributed by atoms with Crippen molar-refractivity contribution in [3.8, 4) is 0 Å². The van der Waals surface area contributed by atoms with E-state index in [0.717, 1.165) is 23.8 Å². The Hall–Kier alpha value is -0.120. The molecule has 0 aromatic heterocycles. The Labute approximate surface area is 132 Å². The lowest BCUT2D eigenvalue weighted by molar-refractivity contribution is 0.103. The van der Waals surface area contributed by atoms with Crippen LogP contribution in [0, 0.1) is 17.8 Å². The third kappa shape index (κ3) is 5.22. The van der Waals surface area contributed by atoms with Crippen LogP contribution >= 0.6 is 0 Å². The predicted octanol–water partition coefficient (Wildman–Crippen LogP) is 2.67. The summed E-state index contributed by atoms with van der Waals surface area (Å²) in [6, 6.07) is 0.740. The minimum Gasteiger partial charge on any atom is -0.314 e. The Balaban J connectivity index is 1.93. The Morgan fingerprint density at radius 2 is 1.86 bits per heavy atom. The van der Waals surface area contributed by atoms with Gasteiger partial charge in [-0.1, -0.05) is 20.8 Å². The fraction of sp³-hybridized carbons (Fsp3) is 1.00. The highest BCUT2D eigenvalue weighted by atomic mass is 15.2. The van der Waals surface area contributed by atoms with E-state index in [0.29, 0.717) is 0 Å². The van der Waals surface area contributed by atoms with Gasteiger partial charge in [-0.05, 0) is 70.1 Å². The Morgan fingerprint density at radius 3 is 2.62 bits per heavy atom. The number of nitrogens with zero attached hydrogens (tertiary/aromatic N) is 2. The first-order valence-corrected chi connectivity index (χ1v) is 9.24. The van der Waals surface area contributed by atoms with E-state index >= 15 is 0 Å². The molecule has 124 valence electrons. The van der Waals surface area contributed by atoms with Crippen molar-refractivity contribution in [1.29, 1.82) is 0 Å². The summed E-state index contributed by atoms with van der Waals surface area (Å²) < 4.78 is 0. The molecular weight excluding hydrogens is 258 g/mol. The molecule has 0 amide bonds. The Morgan fingerprint density at radius 1 is 1.05 bits per heavy atom. The average Bonchev–Trinajstić information content (AvgIpc) is 2.64. The molecular formula is C18H37N3. The van der Waals surface area contributed by atoms with E-state index in [1.54, 1.807) is 0 Å². The van der Waals surface area contributed by atoms with Crippen LogP contribution in [0.1, 0.15) is 46.5 Å². The molecule has 0 aromatic rings. The molecule has 1 aliphatic heterocycles. The predicted molar refractivity (Wildman–Crippen MR) is 91.7 cm³/mol. The van der Waals surface area contributed by atoms with Crippen molar-refractivity contribution in [3.05, 3.63) is 0 Å². The van der Waals surface area contributed by atoms with Gasteiger partial charge < -0.3 is 15.1 Å². The quantitative estimate of drug-likeness (QED) is 0.841. The molecule has 1 heterocycles. The van der Waals surface area contributed by atoms with Crippen molar-refractivity contribution < 1.29 is 0 Å². The second-order valence-electron chi connectivity index (χ2n) is 7.74. The molecule has 2 aliphatic rings. The SMILES string of the molecule is CCCNC1CC(C)CC(C)C1CN1CCCN(C)CC1. The van der Waals surface area contributed by atoms with Gasteiger partial charge in [-0.15, -0.1) is 0 Å². The molecule has 3 nitrogen and oxygen atoms in total. The fourth-order valence-corrected chi connectivity index (χ4v) is 4.36. The van der Waals surface area contributed by atoms with E-state index < -0.39 is 0 Å². The van der Waals surface area contributed by atoms with Crippen LogP contribution in [0.25, 0.3) is 0 Å². The molecule has 1 saturated carbocycles. The van der Waals surface area contributed by atoms with E-state index in [-0.39, 0.29) is 0 Å². The summed E-state index contributed by atoms with van der Waals surface area (Å²) in [5.41, 5.74) is 0. The number of hydrogen-bond acceptors (Lipinski definition) is 3. The zero-order chi connectivity index (χ0) is 15.2. The summed E-state index contributed by atoms with van der Waals surface area (Å²) in [5.74, 6) is 2.60. The van der Waals surface area contributed by atoms with Gasteiger partial charge in [-0.2, -0.15) is 0 Å². The molecule has 21 heavy (non-hydrogen) atoms. The summed E-state index contributed by atoms with van der Waals surface area (Å²) in [6.07, 6.45) is 5.38. The van der Waals surface area contributed by atoms with Gasteiger partial charge in [-0.25, -0.2) is 0 Å². The van der Waals surface area contributed by atoms with Gasteiger partial charge in [0.15, 0.2) is 0 Å². The van der Waals surface area contributed by atoms with Gasteiger partial charge in [0.05, 0.1) is 0 Å². The van der Waals surface area contributed by atoms with Crippen LogP contribution in [0.15, 0.2) is 0 Å². The van der Waals surface area contributed by atoms with E-state index in [4.69, 9.17) is 0 Å². The Kier molecular flexibility index (Phi) is 6.97. The molecule has 1 N–H and O–H groups in total. The summed E-state index contributed by atoms with van der Waals surface area (Å²) >= 11 is 0. The minimum atomic E-state index is 0.740. The van der Waals surface area contributed by atoms with Crippen molar-refractivity contribution in [2.75, 3.05) is 46.3 Å². The van der Waals surface area contributed by atoms with Gasteiger partial charge in [0.25, 0.3) is 0 Å². The van der Waals surface area contributed by atoms with Crippen molar-refractivity contribution in [1.82, 2.24) is 15.1 Å². The highest BCUT2D eigenvalue weighted by molar-refractivity contribution is 4.89. The van der Waals surface area contributed by atoms with Crippen molar-refractivity contribution in [2.24, 2.45) is 17.8 Å². The third-order valence-electron chi connectivity index (χ3n) is 5.62. The average molecular weight is 296 g/mol. The molecule has 1 saturated heterocycles. The van der Waals surface area contributed by atoms with E-state index in [1.165, 1.54) is 65.0 Å². The second-order valence-corrected chi connectivity index (χ2v) is 7.74. The van der Waals surface area contributed by atoms with E-state index in [2.05, 4.69) is 42.9 Å². The first-order valence-electron chi connectivity index (χ1n) is 9.24. The molecule has 0 bridgehead atoms. The highest BCUT2D eigenvalue weighted by Crippen LogP contribution is 2.34. The summed E-state index contributed by atoms with van der Waals surface area (Å²) in [6.45, 7) is 14.8. The number of nitrogens with one attached hydrogen (secondary N) is 1. The van der Waals surface area contributed by atoms with E-state index in [1.807, 2.05) is 0 Å². The van der Waals surface area contributed by atoms with Crippen LogP contribution in [-0.4, -0.2) is 62.2 Å². The maximum absolute atomic E-state index is 3.86. The first-order chi connectivity index (χ1) is 10.1. The van der Waals surface area contributed by atoms with Gasteiger partial charge in [0.2, 0.25) is 0 Å². The molecule has 1 aliphatic carbocycles. The normalized spacial score (nSPS) is 36.6. The fourth-order valence-electron chi connectivity index (χ4n) is 4.36. The van der Waals surface area contributed by atoms with Crippen LogP contribution in [-0.2, 0) is 0 Å². The summed E-state index contributed by atoms with van der Waals surface area (Å²) in [7, 11) is 2.26. The first kappa shape index (κ1) is 17.2. The Bertz CT molecular complexity index is 294. The standard InChI is InChI=1S/C18H37N3/c1-5-7-19-18-13-15(2)12-16(3)17(18)14-21-9-6-8-20(4)10-11-21/h15-19H,5-14H2,1-4H3. The molecule has 0 aromatic carbocycles. The third-order valence-corrected chi connectivity index (χ3v) is 5.62. The molecule has 4 atom stereocenters. The van der Waals surface area contributed by atoms with Gasteiger partial charge in [-0.3, -0.25) is 0 Å². The monoisotopic (exact) mass is 295 g/mol. The number of rotatable bonds is 5. The van der Waals surface area contributed by atoms with E-state index in [9.17, 15) is 0 Å². The topological polar surface area (TPSA) is 18.5 Å².